The predicted molar refractivity (Wildman–Crippen MR) is 79.0 cm³/mol. The second kappa shape index (κ2) is 6.23. The number of aliphatic hydroxyl groups excluding tert-OH is 1. The van der Waals surface area contributed by atoms with E-state index < -0.39 is 12.3 Å². The fourth-order valence-corrected chi connectivity index (χ4v) is 2.87. The van der Waals surface area contributed by atoms with Crippen molar-refractivity contribution >= 4 is 11.9 Å². The summed E-state index contributed by atoms with van der Waals surface area (Å²) in [6.07, 6.45) is 6.01. The summed E-state index contributed by atoms with van der Waals surface area (Å²) in [6, 6.07) is 3.46. The van der Waals surface area contributed by atoms with Crippen LogP contribution in [0.3, 0.4) is 0 Å². The van der Waals surface area contributed by atoms with Crippen molar-refractivity contribution in [3.8, 4) is 0 Å². The van der Waals surface area contributed by atoms with Crippen LogP contribution in [0.5, 0.6) is 0 Å². The first-order chi connectivity index (χ1) is 10.6. The van der Waals surface area contributed by atoms with Crippen LogP contribution in [0.2, 0.25) is 0 Å². The standard InChI is InChI=1S/C15H19N3O4/c19-12-4-2-1-3-11(12)17-13-9-10(5-6-16-13)14-18(15(20)21)7-8-22-14/h5-9,11-12,14,19H,1-4H2,(H,16,17)(H,20,21)/t11-,12+,14?/m1/s1. The van der Waals surface area contributed by atoms with Gasteiger partial charge in [0.2, 0.25) is 6.23 Å². The van der Waals surface area contributed by atoms with Crippen LogP contribution in [-0.2, 0) is 4.74 Å². The molecule has 0 aromatic carbocycles. The lowest BCUT2D eigenvalue weighted by molar-refractivity contribution is 0.0554. The second-order valence-electron chi connectivity index (χ2n) is 5.54. The van der Waals surface area contributed by atoms with Gasteiger partial charge in [-0.2, -0.15) is 0 Å². The summed E-state index contributed by atoms with van der Waals surface area (Å²) in [4.78, 5) is 16.5. The van der Waals surface area contributed by atoms with E-state index in [9.17, 15) is 9.90 Å². The molecular weight excluding hydrogens is 286 g/mol. The minimum absolute atomic E-state index is 0.0188. The van der Waals surface area contributed by atoms with Crippen LogP contribution in [0, 0.1) is 0 Å². The number of pyridine rings is 1. The largest absolute Gasteiger partial charge is 0.472 e. The van der Waals surface area contributed by atoms with Gasteiger partial charge in [-0.05, 0) is 25.0 Å². The zero-order valence-electron chi connectivity index (χ0n) is 12.1. The highest BCUT2D eigenvalue weighted by molar-refractivity contribution is 5.67. The van der Waals surface area contributed by atoms with E-state index in [0.29, 0.717) is 11.4 Å². The molecule has 0 radical (unpaired) electrons. The molecule has 1 saturated carbocycles. The predicted octanol–water partition coefficient (Wildman–Crippen LogP) is 2.28. The minimum atomic E-state index is -1.08. The van der Waals surface area contributed by atoms with E-state index in [2.05, 4.69) is 10.3 Å². The topological polar surface area (TPSA) is 94.9 Å². The van der Waals surface area contributed by atoms with Crippen LogP contribution in [0.25, 0.3) is 0 Å². The summed E-state index contributed by atoms with van der Waals surface area (Å²) in [5.41, 5.74) is 0.690. The van der Waals surface area contributed by atoms with Gasteiger partial charge in [0.05, 0.1) is 12.1 Å². The number of carboxylic acid groups (broad SMARTS) is 1. The molecule has 1 unspecified atom stereocenters. The van der Waals surface area contributed by atoms with Crippen molar-refractivity contribution < 1.29 is 19.7 Å². The number of nitrogens with one attached hydrogen (secondary N) is 1. The molecule has 22 heavy (non-hydrogen) atoms. The Labute approximate surface area is 128 Å². The summed E-state index contributed by atoms with van der Waals surface area (Å²) in [7, 11) is 0. The average molecular weight is 305 g/mol. The van der Waals surface area contributed by atoms with Crippen molar-refractivity contribution in [1.29, 1.82) is 0 Å². The quantitative estimate of drug-likeness (QED) is 0.793. The first kappa shape index (κ1) is 14.6. The Bertz CT molecular complexity index is 578. The fraction of sp³-hybridized carbons (Fsp3) is 0.467. The Balaban J connectivity index is 1.74. The van der Waals surface area contributed by atoms with Crippen LogP contribution >= 0.6 is 0 Å². The Hall–Kier alpha value is -2.28. The normalized spacial score (nSPS) is 27.5. The average Bonchev–Trinajstić information content (AvgIpc) is 3.00. The Morgan fingerprint density at radius 2 is 2.23 bits per heavy atom. The molecule has 3 atom stereocenters. The molecule has 118 valence electrons. The molecule has 3 rings (SSSR count). The number of anilines is 1. The number of nitrogens with zero attached hydrogens (tertiary/aromatic N) is 2. The van der Waals surface area contributed by atoms with Gasteiger partial charge in [-0.3, -0.25) is 0 Å². The summed E-state index contributed by atoms with van der Waals surface area (Å²) in [5, 5.41) is 22.4. The lowest BCUT2D eigenvalue weighted by Gasteiger charge is -2.29. The van der Waals surface area contributed by atoms with Crippen molar-refractivity contribution in [1.82, 2.24) is 9.88 Å². The van der Waals surface area contributed by atoms with E-state index in [1.807, 2.05) is 0 Å². The third-order valence-corrected chi connectivity index (χ3v) is 4.03. The molecule has 0 bridgehead atoms. The van der Waals surface area contributed by atoms with Crippen LogP contribution in [0.15, 0.2) is 30.8 Å². The summed E-state index contributed by atoms with van der Waals surface area (Å²) in [5.74, 6) is 0.615. The maximum atomic E-state index is 11.2. The molecule has 3 N–H and O–H groups in total. The summed E-state index contributed by atoms with van der Waals surface area (Å²) >= 11 is 0. The maximum absolute atomic E-state index is 11.2. The molecule has 2 heterocycles. The zero-order chi connectivity index (χ0) is 15.5. The smallest absolute Gasteiger partial charge is 0.414 e. The maximum Gasteiger partial charge on any atom is 0.414 e. The molecule has 1 aromatic heterocycles. The van der Waals surface area contributed by atoms with Gasteiger partial charge in [0.1, 0.15) is 12.1 Å². The van der Waals surface area contributed by atoms with Crippen LogP contribution in [0.1, 0.15) is 37.5 Å². The van der Waals surface area contributed by atoms with Gasteiger partial charge in [0.15, 0.2) is 0 Å². The first-order valence-electron chi connectivity index (χ1n) is 7.39. The molecule has 0 saturated heterocycles. The number of ether oxygens (including phenoxy) is 1. The van der Waals surface area contributed by atoms with Gasteiger partial charge in [-0.15, -0.1) is 0 Å². The molecule has 1 amide bonds. The Kier molecular flexibility index (Phi) is 4.15. The van der Waals surface area contributed by atoms with E-state index in [1.165, 1.54) is 12.5 Å². The van der Waals surface area contributed by atoms with Gasteiger partial charge >= 0.3 is 6.09 Å². The second-order valence-corrected chi connectivity index (χ2v) is 5.54. The number of aromatic nitrogens is 1. The summed E-state index contributed by atoms with van der Waals surface area (Å²) < 4.78 is 5.34. The van der Waals surface area contributed by atoms with Crippen molar-refractivity contribution in [3.63, 3.8) is 0 Å². The van der Waals surface area contributed by atoms with Crippen LogP contribution < -0.4 is 5.32 Å². The number of carbonyl (C=O) groups is 1. The van der Waals surface area contributed by atoms with E-state index in [4.69, 9.17) is 9.84 Å². The summed E-state index contributed by atoms with van der Waals surface area (Å²) in [6.45, 7) is 0. The van der Waals surface area contributed by atoms with Crippen molar-refractivity contribution in [2.75, 3.05) is 5.32 Å². The lowest BCUT2D eigenvalue weighted by Crippen LogP contribution is -2.36. The molecule has 1 fully saturated rings. The molecule has 2 aliphatic rings. The number of aliphatic hydroxyl groups is 1. The number of hydrogen-bond donors (Lipinski definition) is 3. The molecule has 7 nitrogen and oxygen atoms in total. The highest BCUT2D eigenvalue weighted by atomic mass is 16.5. The van der Waals surface area contributed by atoms with E-state index >= 15 is 0 Å². The first-order valence-corrected chi connectivity index (χ1v) is 7.39. The molecule has 1 aliphatic carbocycles. The third kappa shape index (κ3) is 2.99. The lowest BCUT2D eigenvalue weighted by atomic mass is 9.92. The third-order valence-electron chi connectivity index (χ3n) is 4.03. The minimum Gasteiger partial charge on any atom is -0.472 e. The van der Waals surface area contributed by atoms with Gasteiger partial charge in [0, 0.05) is 18.0 Å². The number of amides is 1. The van der Waals surface area contributed by atoms with E-state index in [-0.39, 0.29) is 12.1 Å². The van der Waals surface area contributed by atoms with Gasteiger partial charge in [0.25, 0.3) is 0 Å². The highest BCUT2D eigenvalue weighted by Crippen LogP contribution is 2.29. The highest BCUT2D eigenvalue weighted by Gasteiger charge is 2.29. The fourth-order valence-electron chi connectivity index (χ4n) is 2.87. The Morgan fingerprint density at radius 1 is 1.41 bits per heavy atom. The molecule has 1 aliphatic heterocycles. The van der Waals surface area contributed by atoms with Crippen LogP contribution in [-0.4, -0.2) is 38.3 Å². The van der Waals surface area contributed by atoms with Crippen molar-refractivity contribution in [2.24, 2.45) is 0 Å². The molecule has 0 spiro atoms. The SMILES string of the molecule is O=C(O)N1C=COC1c1ccnc(N[C@@H]2CCCC[C@@H]2O)c1. The van der Waals surface area contributed by atoms with Crippen molar-refractivity contribution in [2.45, 2.75) is 44.1 Å². The molecule has 1 aromatic rings. The van der Waals surface area contributed by atoms with E-state index in [1.54, 1.807) is 18.3 Å². The van der Waals surface area contributed by atoms with Crippen molar-refractivity contribution in [3.05, 3.63) is 36.4 Å². The number of rotatable bonds is 3. The van der Waals surface area contributed by atoms with E-state index in [0.717, 1.165) is 30.6 Å². The van der Waals surface area contributed by atoms with Crippen LogP contribution in [0.4, 0.5) is 10.6 Å². The number of hydrogen-bond acceptors (Lipinski definition) is 5. The zero-order valence-corrected chi connectivity index (χ0v) is 12.1. The molecular formula is C15H19N3O4. The molecule has 7 heteroatoms. The van der Waals surface area contributed by atoms with Gasteiger partial charge in [-0.25, -0.2) is 14.7 Å². The Morgan fingerprint density at radius 3 is 3.00 bits per heavy atom. The van der Waals surface area contributed by atoms with Gasteiger partial charge < -0.3 is 20.3 Å². The van der Waals surface area contributed by atoms with Gasteiger partial charge in [-0.1, -0.05) is 12.8 Å². The monoisotopic (exact) mass is 305 g/mol.